The number of hydrogen-bond donors (Lipinski definition) is 1. The number of aryl methyl sites for hydroxylation is 1. The molecule has 0 atom stereocenters. The molecule has 0 amide bonds. The van der Waals surface area contributed by atoms with E-state index in [2.05, 4.69) is 72.7 Å². The summed E-state index contributed by atoms with van der Waals surface area (Å²) in [5.41, 5.74) is 3.53. The molecule has 2 heteroatoms. The largest absolute Gasteiger partial charge is 0.507 e. The van der Waals surface area contributed by atoms with Crippen LogP contribution in [0.1, 0.15) is 64.7 Å². The van der Waals surface area contributed by atoms with E-state index in [0.717, 1.165) is 30.5 Å². The third-order valence-corrected chi connectivity index (χ3v) is 3.91. The summed E-state index contributed by atoms with van der Waals surface area (Å²) in [6.07, 6.45) is 1.99. The van der Waals surface area contributed by atoms with E-state index in [1.165, 1.54) is 5.56 Å². The number of aromatic hydroxyl groups is 1. The number of nitrogens with zero attached hydrogens (tertiary/aromatic N) is 1. The van der Waals surface area contributed by atoms with Crippen LogP contribution >= 0.6 is 0 Å². The highest BCUT2D eigenvalue weighted by molar-refractivity contribution is 5.48. The monoisotopic (exact) mass is 291 g/mol. The lowest BCUT2D eigenvalue weighted by molar-refractivity contribution is 0.395. The van der Waals surface area contributed by atoms with Crippen molar-refractivity contribution in [3.05, 3.63) is 28.8 Å². The summed E-state index contributed by atoms with van der Waals surface area (Å²) in [6, 6.07) is 4.38. The van der Waals surface area contributed by atoms with Gasteiger partial charge in [-0.15, -0.1) is 0 Å². The van der Waals surface area contributed by atoms with E-state index in [4.69, 9.17) is 0 Å². The van der Waals surface area contributed by atoms with Gasteiger partial charge in [0.25, 0.3) is 0 Å². The van der Waals surface area contributed by atoms with Gasteiger partial charge in [-0.25, -0.2) is 0 Å². The fourth-order valence-electron chi connectivity index (χ4n) is 2.48. The van der Waals surface area contributed by atoms with Gasteiger partial charge in [-0.2, -0.15) is 0 Å². The molecule has 0 aliphatic rings. The van der Waals surface area contributed by atoms with Crippen molar-refractivity contribution in [3.8, 4) is 5.75 Å². The topological polar surface area (TPSA) is 23.5 Å². The Morgan fingerprint density at radius 1 is 0.952 bits per heavy atom. The molecule has 0 aliphatic carbocycles. The Kier molecular flexibility index (Phi) is 5.49. The van der Waals surface area contributed by atoms with Gasteiger partial charge in [-0.05, 0) is 61.0 Å². The first-order chi connectivity index (χ1) is 9.43. The Morgan fingerprint density at radius 3 is 1.95 bits per heavy atom. The predicted octanol–water partition coefficient (Wildman–Crippen LogP) is 4.48. The second-order valence-corrected chi connectivity index (χ2v) is 8.44. The molecule has 1 aromatic carbocycles. The van der Waals surface area contributed by atoms with Gasteiger partial charge in [0.15, 0.2) is 0 Å². The van der Waals surface area contributed by atoms with Crippen LogP contribution in [0.2, 0.25) is 0 Å². The Morgan fingerprint density at radius 2 is 1.52 bits per heavy atom. The van der Waals surface area contributed by atoms with Crippen molar-refractivity contribution < 1.29 is 5.11 Å². The maximum absolute atomic E-state index is 10.7. The number of phenols is 1. The zero-order chi connectivity index (χ0) is 16.4. The first-order valence-corrected chi connectivity index (χ1v) is 7.94. The molecule has 0 aromatic heterocycles. The van der Waals surface area contributed by atoms with E-state index < -0.39 is 0 Å². The van der Waals surface area contributed by atoms with Gasteiger partial charge in [0, 0.05) is 0 Å². The molecule has 1 aromatic rings. The summed E-state index contributed by atoms with van der Waals surface area (Å²) in [5, 5.41) is 10.7. The minimum atomic E-state index is -0.0400. The standard InChI is InChI=1S/C19H33NO/c1-18(2,3)15-12-14(10-9-11-20(7)8)17(21)16(13-15)19(4,5)6/h12-13,21H,9-11H2,1-8H3. The lowest BCUT2D eigenvalue weighted by Crippen LogP contribution is -2.18. The van der Waals surface area contributed by atoms with E-state index in [-0.39, 0.29) is 10.8 Å². The normalized spacial score (nSPS) is 13.0. The molecule has 1 N–H and O–H groups in total. The van der Waals surface area contributed by atoms with Crippen molar-refractivity contribution in [1.29, 1.82) is 0 Å². The van der Waals surface area contributed by atoms with E-state index in [1.807, 2.05) is 0 Å². The predicted molar refractivity (Wildman–Crippen MR) is 92.4 cm³/mol. The Hall–Kier alpha value is -1.02. The lowest BCUT2D eigenvalue weighted by Gasteiger charge is -2.27. The fraction of sp³-hybridized carbons (Fsp3) is 0.684. The summed E-state index contributed by atoms with van der Waals surface area (Å²) >= 11 is 0. The Balaban J connectivity index is 3.22. The maximum Gasteiger partial charge on any atom is 0.122 e. The van der Waals surface area contributed by atoms with Crippen molar-refractivity contribution in [2.45, 2.75) is 65.2 Å². The van der Waals surface area contributed by atoms with Crippen LogP contribution in [-0.4, -0.2) is 30.6 Å². The maximum atomic E-state index is 10.7. The highest BCUT2D eigenvalue weighted by Gasteiger charge is 2.24. The number of hydrogen-bond acceptors (Lipinski definition) is 2. The van der Waals surface area contributed by atoms with Crippen molar-refractivity contribution in [2.24, 2.45) is 0 Å². The minimum absolute atomic E-state index is 0.0400. The van der Waals surface area contributed by atoms with Crippen LogP contribution in [0.25, 0.3) is 0 Å². The fourth-order valence-corrected chi connectivity index (χ4v) is 2.48. The third kappa shape index (κ3) is 5.03. The van der Waals surface area contributed by atoms with Crippen LogP contribution in [0, 0.1) is 0 Å². The van der Waals surface area contributed by atoms with Crippen LogP contribution in [0.4, 0.5) is 0 Å². The van der Waals surface area contributed by atoms with Crippen molar-refractivity contribution >= 4 is 0 Å². The number of phenolic OH excluding ortho intramolecular Hbond substituents is 1. The molecule has 1 rings (SSSR count). The van der Waals surface area contributed by atoms with E-state index in [9.17, 15) is 5.11 Å². The number of benzene rings is 1. The summed E-state index contributed by atoms with van der Waals surface area (Å²) < 4.78 is 0. The van der Waals surface area contributed by atoms with Gasteiger partial charge in [-0.3, -0.25) is 0 Å². The molecule has 0 saturated heterocycles. The van der Waals surface area contributed by atoms with Gasteiger partial charge in [0.1, 0.15) is 5.75 Å². The van der Waals surface area contributed by atoms with Gasteiger partial charge < -0.3 is 10.0 Å². The third-order valence-electron chi connectivity index (χ3n) is 3.91. The molecule has 0 bridgehead atoms. The van der Waals surface area contributed by atoms with Crippen LogP contribution in [0.5, 0.6) is 5.75 Å². The molecule has 0 aliphatic heterocycles. The lowest BCUT2D eigenvalue weighted by atomic mass is 9.78. The van der Waals surface area contributed by atoms with E-state index >= 15 is 0 Å². The van der Waals surface area contributed by atoms with Crippen LogP contribution in [0.3, 0.4) is 0 Å². The van der Waals surface area contributed by atoms with Crippen molar-refractivity contribution in [1.82, 2.24) is 4.90 Å². The van der Waals surface area contributed by atoms with Crippen LogP contribution in [0.15, 0.2) is 12.1 Å². The Bertz CT molecular complexity index is 476. The molecule has 120 valence electrons. The molecule has 0 heterocycles. The van der Waals surface area contributed by atoms with Crippen molar-refractivity contribution in [2.75, 3.05) is 20.6 Å². The van der Waals surface area contributed by atoms with Gasteiger partial charge in [0.05, 0.1) is 0 Å². The molecule has 21 heavy (non-hydrogen) atoms. The average molecular weight is 291 g/mol. The minimum Gasteiger partial charge on any atom is -0.507 e. The van der Waals surface area contributed by atoms with Crippen molar-refractivity contribution in [3.63, 3.8) is 0 Å². The highest BCUT2D eigenvalue weighted by Crippen LogP contribution is 2.38. The summed E-state index contributed by atoms with van der Waals surface area (Å²) in [5.74, 6) is 0.495. The van der Waals surface area contributed by atoms with Gasteiger partial charge >= 0.3 is 0 Å². The first-order valence-electron chi connectivity index (χ1n) is 7.94. The number of rotatable bonds is 4. The second kappa shape index (κ2) is 6.39. The molecule has 0 spiro atoms. The molecule has 0 radical (unpaired) electrons. The quantitative estimate of drug-likeness (QED) is 0.884. The average Bonchev–Trinajstić information content (AvgIpc) is 2.27. The first kappa shape index (κ1) is 18.0. The zero-order valence-corrected chi connectivity index (χ0v) is 15.2. The summed E-state index contributed by atoms with van der Waals surface area (Å²) in [6.45, 7) is 14.2. The van der Waals surface area contributed by atoms with Crippen LogP contribution < -0.4 is 0 Å². The van der Waals surface area contributed by atoms with Crippen LogP contribution in [-0.2, 0) is 17.3 Å². The second-order valence-electron chi connectivity index (χ2n) is 8.44. The SMILES string of the molecule is CN(C)CCCc1cc(C(C)(C)C)cc(C(C)(C)C)c1O. The van der Waals surface area contributed by atoms with Gasteiger partial charge in [0.2, 0.25) is 0 Å². The highest BCUT2D eigenvalue weighted by atomic mass is 16.3. The van der Waals surface area contributed by atoms with E-state index in [0.29, 0.717) is 5.75 Å². The van der Waals surface area contributed by atoms with E-state index in [1.54, 1.807) is 0 Å². The molecular weight excluding hydrogens is 258 g/mol. The summed E-state index contributed by atoms with van der Waals surface area (Å²) in [4.78, 5) is 2.19. The molecule has 0 saturated carbocycles. The Labute approximate surface area is 131 Å². The zero-order valence-electron chi connectivity index (χ0n) is 15.2. The molecule has 2 nitrogen and oxygen atoms in total. The summed E-state index contributed by atoms with van der Waals surface area (Å²) in [7, 11) is 4.18. The van der Waals surface area contributed by atoms with Gasteiger partial charge in [-0.1, -0.05) is 53.7 Å². The molecular formula is C19H33NO. The molecule has 0 unspecified atom stereocenters. The smallest absolute Gasteiger partial charge is 0.122 e. The molecule has 0 fully saturated rings.